The molecule has 1 heterocycles. The molecule has 0 bridgehead atoms. The van der Waals surface area contributed by atoms with Crippen molar-refractivity contribution >= 4 is 22.2 Å². The number of hydrogen-bond acceptors (Lipinski definition) is 1. The minimum atomic E-state index is 0.474. The Morgan fingerprint density at radius 1 is 1.57 bits per heavy atom. The maximum Gasteiger partial charge on any atom is 0.153 e. The topological polar surface area (TPSA) is 22.0 Å². The van der Waals surface area contributed by atoms with Crippen molar-refractivity contribution in [2.24, 2.45) is 7.05 Å². The summed E-state index contributed by atoms with van der Waals surface area (Å²) in [5, 5.41) is 0. The Morgan fingerprint density at radius 3 is 2.50 bits per heavy atom. The highest BCUT2D eigenvalue weighted by Gasteiger charge is 2.19. The van der Waals surface area contributed by atoms with Crippen molar-refractivity contribution in [1.82, 2.24) is 4.57 Å². The summed E-state index contributed by atoms with van der Waals surface area (Å²) in [6.45, 7) is 6.30. The van der Waals surface area contributed by atoms with E-state index < -0.39 is 0 Å². The Labute approximate surface area is 93.4 Å². The average Bonchev–Trinajstić information content (AvgIpc) is 2.38. The molecule has 1 rings (SSSR count). The van der Waals surface area contributed by atoms with Gasteiger partial charge in [0.1, 0.15) is 0 Å². The Kier molecular flexibility index (Phi) is 3.53. The molecule has 1 atom stereocenters. The molecule has 0 spiro atoms. The van der Waals surface area contributed by atoms with E-state index in [0.29, 0.717) is 5.92 Å². The summed E-state index contributed by atoms with van der Waals surface area (Å²) in [7, 11) is 2.01. The first-order valence-electron chi connectivity index (χ1n) is 4.84. The number of carbonyl (C=O) groups excluding carboxylic acids is 1. The highest BCUT2D eigenvalue weighted by molar-refractivity contribution is 9.10. The predicted molar refractivity (Wildman–Crippen MR) is 61.9 cm³/mol. The van der Waals surface area contributed by atoms with Crippen molar-refractivity contribution in [3.8, 4) is 0 Å². The van der Waals surface area contributed by atoms with Gasteiger partial charge in [0.05, 0.1) is 0 Å². The monoisotopic (exact) mass is 257 g/mol. The maximum atomic E-state index is 10.9. The van der Waals surface area contributed by atoms with Crippen LogP contribution >= 0.6 is 15.9 Å². The van der Waals surface area contributed by atoms with Gasteiger partial charge in [-0.05, 0) is 35.2 Å². The van der Waals surface area contributed by atoms with Crippen LogP contribution in [-0.2, 0) is 7.05 Å². The zero-order valence-corrected chi connectivity index (χ0v) is 10.7. The smallest absolute Gasteiger partial charge is 0.153 e. The minimum absolute atomic E-state index is 0.474. The zero-order chi connectivity index (χ0) is 10.9. The van der Waals surface area contributed by atoms with E-state index in [-0.39, 0.29) is 0 Å². The molecule has 3 heteroatoms. The molecule has 0 radical (unpaired) electrons. The number of nitrogens with zero attached hydrogens (tertiary/aromatic N) is 1. The molecular weight excluding hydrogens is 242 g/mol. The summed E-state index contributed by atoms with van der Waals surface area (Å²) >= 11 is 3.50. The van der Waals surface area contributed by atoms with E-state index in [1.165, 1.54) is 5.69 Å². The van der Waals surface area contributed by atoms with Crippen molar-refractivity contribution in [3.05, 3.63) is 21.4 Å². The van der Waals surface area contributed by atoms with E-state index in [0.717, 1.165) is 28.4 Å². The second-order valence-corrected chi connectivity index (χ2v) is 4.48. The molecule has 0 aromatic carbocycles. The van der Waals surface area contributed by atoms with E-state index in [1.54, 1.807) is 0 Å². The first-order valence-corrected chi connectivity index (χ1v) is 5.63. The van der Waals surface area contributed by atoms with Crippen LogP contribution in [-0.4, -0.2) is 10.9 Å². The summed E-state index contributed by atoms with van der Waals surface area (Å²) in [5.74, 6) is 0.474. The molecule has 1 unspecified atom stereocenters. The normalized spacial score (nSPS) is 12.9. The van der Waals surface area contributed by atoms with Crippen molar-refractivity contribution in [1.29, 1.82) is 0 Å². The molecule has 0 N–H and O–H groups in total. The fraction of sp³-hybridized carbons (Fsp3) is 0.545. The molecule has 0 saturated heterocycles. The third-order valence-corrected chi connectivity index (χ3v) is 3.75. The molecule has 1 aromatic heterocycles. The van der Waals surface area contributed by atoms with E-state index in [9.17, 15) is 4.79 Å². The van der Waals surface area contributed by atoms with Gasteiger partial charge in [-0.2, -0.15) is 0 Å². The van der Waals surface area contributed by atoms with Gasteiger partial charge >= 0.3 is 0 Å². The van der Waals surface area contributed by atoms with Crippen LogP contribution in [0.3, 0.4) is 0 Å². The SMILES string of the molecule is CCC(C)c1c(Br)c(C=O)c(C)n1C. The lowest BCUT2D eigenvalue weighted by Crippen LogP contribution is -2.02. The lowest BCUT2D eigenvalue weighted by molar-refractivity contribution is 0.112. The second kappa shape index (κ2) is 4.30. The van der Waals surface area contributed by atoms with Gasteiger partial charge in [0.15, 0.2) is 6.29 Å². The molecule has 1 aromatic rings. The van der Waals surface area contributed by atoms with Gasteiger partial charge in [-0.15, -0.1) is 0 Å². The number of aldehydes is 1. The summed E-state index contributed by atoms with van der Waals surface area (Å²) < 4.78 is 3.06. The predicted octanol–water partition coefficient (Wildman–Crippen LogP) is 3.42. The van der Waals surface area contributed by atoms with Crippen molar-refractivity contribution in [3.63, 3.8) is 0 Å². The van der Waals surface area contributed by atoms with Crippen LogP contribution in [0.5, 0.6) is 0 Å². The van der Waals surface area contributed by atoms with Gasteiger partial charge in [0, 0.05) is 28.5 Å². The lowest BCUT2D eigenvalue weighted by Gasteiger charge is -2.11. The van der Waals surface area contributed by atoms with Crippen LogP contribution in [0.1, 0.15) is 47.9 Å². The quantitative estimate of drug-likeness (QED) is 0.761. The highest BCUT2D eigenvalue weighted by Crippen LogP contribution is 2.32. The second-order valence-electron chi connectivity index (χ2n) is 3.68. The standard InChI is InChI=1S/C11H16BrNO/c1-5-7(2)11-10(12)9(6-14)8(3)13(11)4/h6-7H,5H2,1-4H3. The number of hydrogen-bond donors (Lipinski definition) is 0. The molecule has 14 heavy (non-hydrogen) atoms. The molecular formula is C11H16BrNO. The van der Waals surface area contributed by atoms with Crippen LogP contribution in [0.15, 0.2) is 4.47 Å². The van der Waals surface area contributed by atoms with Crippen molar-refractivity contribution < 1.29 is 4.79 Å². The first kappa shape index (κ1) is 11.5. The van der Waals surface area contributed by atoms with Crippen LogP contribution < -0.4 is 0 Å². The van der Waals surface area contributed by atoms with Gasteiger partial charge in [-0.1, -0.05) is 13.8 Å². The van der Waals surface area contributed by atoms with Gasteiger partial charge < -0.3 is 4.57 Å². The van der Waals surface area contributed by atoms with Gasteiger partial charge in [-0.25, -0.2) is 0 Å². The van der Waals surface area contributed by atoms with Gasteiger partial charge in [-0.3, -0.25) is 4.79 Å². The zero-order valence-electron chi connectivity index (χ0n) is 9.10. The third kappa shape index (κ3) is 1.65. The molecule has 0 saturated carbocycles. The molecule has 0 aliphatic carbocycles. The Bertz CT molecular complexity index is 355. The summed E-state index contributed by atoms with van der Waals surface area (Å²) in [6, 6.07) is 0. The third-order valence-electron chi connectivity index (χ3n) is 2.91. The van der Waals surface area contributed by atoms with E-state index in [2.05, 4.69) is 34.3 Å². The summed E-state index contributed by atoms with van der Waals surface area (Å²) in [4.78, 5) is 10.9. The van der Waals surface area contributed by atoms with Gasteiger partial charge in [0.2, 0.25) is 0 Å². The lowest BCUT2D eigenvalue weighted by atomic mass is 10.1. The molecule has 0 aliphatic rings. The Hall–Kier alpha value is -0.570. The van der Waals surface area contributed by atoms with Crippen molar-refractivity contribution in [2.75, 3.05) is 0 Å². The highest BCUT2D eigenvalue weighted by atomic mass is 79.9. The molecule has 0 aliphatic heterocycles. The molecule has 78 valence electrons. The Morgan fingerprint density at radius 2 is 2.14 bits per heavy atom. The first-order chi connectivity index (χ1) is 6.54. The maximum absolute atomic E-state index is 10.9. The number of aromatic nitrogens is 1. The average molecular weight is 258 g/mol. The molecule has 2 nitrogen and oxygen atoms in total. The van der Waals surface area contributed by atoms with Crippen LogP contribution in [0.2, 0.25) is 0 Å². The number of rotatable bonds is 3. The molecule has 0 amide bonds. The summed E-state index contributed by atoms with van der Waals surface area (Å²) in [6.07, 6.45) is 2.00. The fourth-order valence-electron chi connectivity index (χ4n) is 1.68. The number of carbonyl (C=O) groups is 1. The van der Waals surface area contributed by atoms with Crippen LogP contribution in [0.4, 0.5) is 0 Å². The van der Waals surface area contributed by atoms with Crippen LogP contribution in [0.25, 0.3) is 0 Å². The van der Waals surface area contributed by atoms with Crippen LogP contribution in [0, 0.1) is 6.92 Å². The number of halogens is 1. The van der Waals surface area contributed by atoms with E-state index in [4.69, 9.17) is 0 Å². The van der Waals surface area contributed by atoms with Gasteiger partial charge in [0.25, 0.3) is 0 Å². The van der Waals surface area contributed by atoms with Crippen molar-refractivity contribution in [2.45, 2.75) is 33.1 Å². The summed E-state index contributed by atoms with van der Waals surface area (Å²) in [5.41, 5.74) is 3.03. The fourth-order valence-corrected chi connectivity index (χ4v) is 2.72. The molecule has 0 fully saturated rings. The minimum Gasteiger partial charge on any atom is -0.350 e. The Balaban J connectivity index is 3.37. The van der Waals surface area contributed by atoms with E-state index >= 15 is 0 Å². The largest absolute Gasteiger partial charge is 0.350 e. The van der Waals surface area contributed by atoms with E-state index in [1.807, 2.05) is 14.0 Å².